The van der Waals surface area contributed by atoms with E-state index in [9.17, 15) is 9.50 Å². The first-order valence-electron chi connectivity index (χ1n) is 5.80. The van der Waals surface area contributed by atoms with E-state index in [1.54, 1.807) is 6.92 Å². The topological polar surface area (TPSA) is 23.5 Å². The third-order valence-corrected chi connectivity index (χ3v) is 3.32. The van der Waals surface area contributed by atoms with Gasteiger partial charge in [0.25, 0.3) is 0 Å². The number of halogens is 1. The Bertz CT molecular complexity index is 367. The smallest absolute Gasteiger partial charge is 0.126 e. The third-order valence-electron chi connectivity index (χ3n) is 3.32. The quantitative estimate of drug-likeness (QED) is 0.848. The second-order valence-corrected chi connectivity index (χ2v) is 4.53. The molecule has 1 aliphatic heterocycles. The molecule has 1 aromatic rings. The second kappa shape index (κ2) is 4.93. The molecule has 0 aliphatic carbocycles. The first-order valence-corrected chi connectivity index (χ1v) is 5.80. The molecule has 1 aromatic carbocycles. The molecule has 0 radical (unpaired) electrons. The number of hydrogen-bond donors (Lipinski definition) is 1. The third kappa shape index (κ3) is 2.42. The summed E-state index contributed by atoms with van der Waals surface area (Å²) in [5, 5.41) is 9.21. The van der Waals surface area contributed by atoms with E-state index in [0.29, 0.717) is 5.56 Å². The monoisotopic (exact) mass is 223 g/mol. The van der Waals surface area contributed by atoms with E-state index < -0.39 is 0 Å². The van der Waals surface area contributed by atoms with Crippen LogP contribution in [0.4, 0.5) is 4.39 Å². The summed E-state index contributed by atoms with van der Waals surface area (Å²) in [4.78, 5) is 2.27. The molecule has 1 saturated heterocycles. The van der Waals surface area contributed by atoms with Crippen LogP contribution < -0.4 is 0 Å². The van der Waals surface area contributed by atoms with Crippen LogP contribution in [-0.2, 0) is 6.54 Å². The number of nitrogens with zero attached hydrogens (tertiary/aromatic N) is 1. The van der Waals surface area contributed by atoms with Gasteiger partial charge < -0.3 is 5.11 Å². The van der Waals surface area contributed by atoms with Crippen LogP contribution in [0.1, 0.15) is 24.0 Å². The molecular weight excluding hydrogens is 205 g/mol. The van der Waals surface area contributed by atoms with Crippen LogP contribution in [-0.4, -0.2) is 29.2 Å². The minimum Gasteiger partial charge on any atom is -0.395 e. The number of aliphatic hydroxyl groups is 1. The molecule has 2 rings (SSSR count). The molecule has 88 valence electrons. The average Bonchev–Trinajstić information content (AvgIpc) is 2.71. The predicted octanol–water partition coefficient (Wildman–Crippen LogP) is 2.09. The summed E-state index contributed by atoms with van der Waals surface area (Å²) in [6.07, 6.45) is 2.21. The van der Waals surface area contributed by atoms with Crippen molar-refractivity contribution in [1.82, 2.24) is 4.90 Å². The van der Waals surface area contributed by atoms with Gasteiger partial charge in [-0.1, -0.05) is 12.1 Å². The molecule has 3 heteroatoms. The van der Waals surface area contributed by atoms with Gasteiger partial charge in [-0.15, -0.1) is 0 Å². The lowest BCUT2D eigenvalue weighted by Crippen LogP contribution is -2.31. The summed E-state index contributed by atoms with van der Waals surface area (Å²) in [5.41, 5.74) is 1.82. The highest BCUT2D eigenvalue weighted by molar-refractivity contribution is 5.24. The highest BCUT2D eigenvalue weighted by Gasteiger charge is 2.23. The molecule has 0 amide bonds. The zero-order valence-corrected chi connectivity index (χ0v) is 9.62. The fraction of sp³-hybridized carbons (Fsp3) is 0.538. The standard InChI is InChI=1S/C13H18FNO/c1-10-7-11(4-5-13(10)14)8-15-6-2-3-12(15)9-16/h4-5,7,12,16H,2-3,6,8-9H2,1H3/t12-/m0/s1. The molecule has 0 saturated carbocycles. The zero-order valence-electron chi connectivity index (χ0n) is 9.62. The number of aliphatic hydroxyl groups excluding tert-OH is 1. The molecule has 1 fully saturated rings. The highest BCUT2D eigenvalue weighted by Crippen LogP contribution is 2.20. The van der Waals surface area contributed by atoms with Crippen LogP contribution in [0.2, 0.25) is 0 Å². The maximum atomic E-state index is 13.1. The van der Waals surface area contributed by atoms with Crippen molar-refractivity contribution >= 4 is 0 Å². The second-order valence-electron chi connectivity index (χ2n) is 4.53. The Morgan fingerprint density at radius 3 is 3.00 bits per heavy atom. The van der Waals surface area contributed by atoms with Gasteiger partial charge in [0, 0.05) is 12.6 Å². The Morgan fingerprint density at radius 1 is 1.50 bits per heavy atom. The van der Waals surface area contributed by atoms with Crippen molar-refractivity contribution in [2.45, 2.75) is 32.4 Å². The van der Waals surface area contributed by atoms with Gasteiger partial charge in [-0.2, -0.15) is 0 Å². The molecule has 0 bridgehead atoms. The number of rotatable bonds is 3. The lowest BCUT2D eigenvalue weighted by Gasteiger charge is -2.22. The summed E-state index contributed by atoms with van der Waals surface area (Å²) >= 11 is 0. The van der Waals surface area contributed by atoms with Crippen LogP contribution in [0.3, 0.4) is 0 Å². The van der Waals surface area contributed by atoms with Crippen molar-refractivity contribution in [1.29, 1.82) is 0 Å². The van der Waals surface area contributed by atoms with Gasteiger partial charge in [-0.05, 0) is 43.5 Å². The molecule has 1 heterocycles. The van der Waals surface area contributed by atoms with Crippen molar-refractivity contribution in [3.63, 3.8) is 0 Å². The fourth-order valence-electron chi connectivity index (χ4n) is 2.35. The summed E-state index contributed by atoms with van der Waals surface area (Å²) in [5.74, 6) is -0.149. The van der Waals surface area contributed by atoms with Crippen LogP contribution in [0.25, 0.3) is 0 Å². The number of aryl methyl sites for hydroxylation is 1. The van der Waals surface area contributed by atoms with Crippen molar-refractivity contribution in [3.8, 4) is 0 Å². The van der Waals surface area contributed by atoms with Crippen LogP contribution in [0, 0.1) is 12.7 Å². The van der Waals surface area contributed by atoms with E-state index in [0.717, 1.165) is 31.5 Å². The summed E-state index contributed by atoms with van der Waals surface area (Å²) in [6, 6.07) is 5.52. The maximum absolute atomic E-state index is 13.1. The van der Waals surface area contributed by atoms with E-state index in [4.69, 9.17) is 0 Å². The van der Waals surface area contributed by atoms with E-state index in [1.807, 2.05) is 12.1 Å². The molecule has 0 unspecified atom stereocenters. The molecule has 16 heavy (non-hydrogen) atoms. The van der Waals surface area contributed by atoms with Gasteiger partial charge >= 0.3 is 0 Å². The Morgan fingerprint density at radius 2 is 2.31 bits per heavy atom. The minimum atomic E-state index is -0.149. The Balaban J connectivity index is 2.05. The Labute approximate surface area is 95.7 Å². The Kier molecular flexibility index (Phi) is 3.56. The van der Waals surface area contributed by atoms with E-state index in [-0.39, 0.29) is 18.5 Å². The first-order chi connectivity index (χ1) is 7.70. The lowest BCUT2D eigenvalue weighted by atomic mass is 10.1. The molecule has 1 atom stereocenters. The van der Waals surface area contributed by atoms with Crippen molar-refractivity contribution in [3.05, 3.63) is 35.1 Å². The van der Waals surface area contributed by atoms with Gasteiger partial charge in [-0.3, -0.25) is 4.90 Å². The zero-order chi connectivity index (χ0) is 11.5. The number of likely N-dealkylation sites (tertiary alicyclic amines) is 1. The minimum absolute atomic E-state index is 0.149. The van der Waals surface area contributed by atoms with Crippen LogP contribution in [0.5, 0.6) is 0 Å². The van der Waals surface area contributed by atoms with Gasteiger partial charge in [0.05, 0.1) is 6.61 Å². The summed E-state index contributed by atoms with van der Waals surface area (Å²) in [7, 11) is 0. The molecule has 1 aliphatic rings. The van der Waals surface area contributed by atoms with E-state index >= 15 is 0 Å². The van der Waals surface area contributed by atoms with Crippen LogP contribution in [0.15, 0.2) is 18.2 Å². The van der Waals surface area contributed by atoms with Crippen LogP contribution >= 0.6 is 0 Å². The number of hydrogen-bond acceptors (Lipinski definition) is 2. The van der Waals surface area contributed by atoms with Crippen molar-refractivity contribution in [2.75, 3.05) is 13.2 Å². The average molecular weight is 223 g/mol. The molecule has 1 N–H and O–H groups in total. The Hall–Kier alpha value is -0.930. The molecular formula is C13H18FNO. The molecule has 2 nitrogen and oxygen atoms in total. The van der Waals surface area contributed by atoms with Gasteiger partial charge in [-0.25, -0.2) is 4.39 Å². The summed E-state index contributed by atoms with van der Waals surface area (Å²) in [6.45, 7) is 3.85. The van der Waals surface area contributed by atoms with E-state index in [1.165, 1.54) is 6.07 Å². The lowest BCUT2D eigenvalue weighted by molar-refractivity contribution is 0.153. The number of benzene rings is 1. The van der Waals surface area contributed by atoms with Gasteiger partial charge in [0.1, 0.15) is 5.82 Å². The highest BCUT2D eigenvalue weighted by atomic mass is 19.1. The maximum Gasteiger partial charge on any atom is 0.126 e. The fourth-order valence-corrected chi connectivity index (χ4v) is 2.35. The molecule has 0 aromatic heterocycles. The molecule has 0 spiro atoms. The first kappa shape index (κ1) is 11.6. The van der Waals surface area contributed by atoms with Crippen molar-refractivity contribution < 1.29 is 9.50 Å². The van der Waals surface area contributed by atoms with Gasteiger partial charge in [0.2, 0.25) is 0 Å². The SMILES string of the molecule is Cc1cc(CN2CCC[C@H]2CO)ccc1F. The normalized spacial score (nSPS) is 21.6. The van der Waals surface area contributed by atoms with E-state index in [2.05, 4.69) is 4.90 Å². The van der Waals surface area contributed by atoms with Gasteiger partial charge in [0.15, 0.2) is 0 Å². The van der Waals surface area contributed by atoms with Crippen molar-refractivity contribution in [2.24, 2.45) is 0 Å². The summed E-state index contributed by atoms with van der Waals surface area (Å²) < 4.78 is 13.1. The largest absolute Gasteiger partial charge is 0.395 e. The predicted molar refractivity (Wildman–Crippen MR) is 61.7 cm³/mol.